The van der Waals surface area contributed by atoms with Crippen LogP contribution < -0.4 is 0 Å². The Morgan fingerprint density at radius 2 is 2.26 bits per heavy atom. The molecule has 6 heteroatoms. The Kier molecular flexibility index (Phi) is 4.09. The molecule has 0 amide bonds. The monoisotopic (exact) mass is 325 g/mol. The lowest BCUT2D eigenvalue weighted by molar-refractivity contribution is 0.0981. The molecule has 100 valence electrons. The Balaban J connectivity index is 2.30. The number of aryl methyl sites for hydroxylation is 2. The van der Waals surface area contributed by atoms with Gasteiger partial charge in [0.25, 0.3) is 0 Å². The maximum Gasteiger partial charge on any atom is 0.190 e. The van der Waals surface area contributed by atoms with Crippen molar-refractivity contribution in [3.05, 3.63) is 45.7 Å². The summed E-state index contributed by atoms with van der Waals surface area (Å²) in [6, 6.07) is 2.69. The molecule has 0 aliphatic heterocycles. The number of halogens is 2. The SMILES string of the molecule is CCc1nn(C)c(CC(=O)c2ncccc2F)c1Br. The topological polar surface area (TPSA) is 47.8 Å². The van der Waals surface area contributed by atoms with Gasteiger partial charge in [-0.1, -0.05) is 6.92 Å². The van der Waals surface area contributed by atoms with Crippen molar-refractivity contribution < 1.29 is 9.18 Å². The normalized spacial score (nSPS) is 10.7. The van der Waals surface area contributed by atoms with Crippen LogP contribution in [0.15, 0.2) is 22.8 Å². The van der Waals surface area contributed by atoms with E-state index in [-0.39, 0.29) is 17.9 Å². The third-order valence-corrected chi connectivity index (χ3v) is 3.77. The number of carbonyl (C=O) groups is 1. The van der Waals surface area contributed by atoms with Crippen LogP contribution in [0.1, 0.15) is 28.8 Å². The van der Waals surface area contributed by atoms with Gasteiger partial charge >= 0.3 is 0 Å². The standard InChI is InChI=1S/C13H13BrFN3O/c1-3-9-12(14)10(18(2)17-9)7-11(19)13-8(15)5-4-6-16-13/h4-6H,3,7H2,1-2H3. The fraction of sp³-hybridized carbons (Fsp3) is 0.308. The van der Waals surface area contributed by atoms with Crippen LogP contribution in [0.2, 0.25) is 0 Å². The Morgan fingerprint density at radius 3 is 2.84 bits per heavy atom. The molecule has 0 aliphatic rings. The van der Waals surface area contributed by atoms with Crippen molar-refractivity contribution in [2.75, 3.05) is 0 Å². The smallest absolute Gasteiger partial charge is 0.190 e. The largest absolute Gasteiger partial charge is 0.292 e. The summed E-state index contributed by atoms with van der Waals surface area (Å²) in [5.41, 5.74) is 1.48. The Morgan fingerprint density at radius 1 is 1.53 bits per heavy atom. The van der Waals surface area contributed by atoms with Crippen LogP contribution in [0.4, 0.5) is 4.39 Å². The maximum absolute atomic E-state index is 13.5. The van der Waals surface area contributed by atoms with E-state index in [1.54, 1.807) is 11.7 Å². The van der Waals surface area contributed by atoms with Gasteiger partial charge in [0.1, 0.15) is 5.69 Å². The van der Waals surface area contributed by atoms with Crippen LogP contribution >= 0.6 is 15.9 Å². The molecule has 0 aliphatic carbocycles. The van der Waals surface area contributed by atoms with Gasteiger partial charge < -0.3 is 0 Å². The van der Waals surface area contributed by atoms with E-state index in [0.717, 1.165) is 22.3 Å². The highest BCUT2D eigenvalue weighted by Gasteiger charge is 2.19. The Labute approximate surface area is 118 Å². The number of Topliss-reactive ketones (excluding diaryl/α,β-unsaturated/α-hetero) is 1. The first kappa shape index (κ1) is 13.9. The van der Waals surface area contributed by atoms with E-state index in [1.807, 2.05) is 6.92 Å². The van der Waals surface area contributed by atoms with Crippen molar-refractivity contribution in [2.45, 2.75) is 19.8 Å². The van der Waals surface area contributed by atoms with Gasteiger partial charge in [-0.2, -0.15) is 5.10 Å². The lowest BCUT2D eigenvalue weighted by Crippen LogP contribution is -2.11. The summed E-state index contributed by atoms with van der Waals surface area (Å²) in [7, 11) is 1.77. The van der Waals surface area contributed by atoms with E-state index in [4.69, 9.17) is 0 Å². The third-order valence-electron chi connectivity index (χ3n) is 2.85. The average molecular weight is 326 g/mol. The van der Waals surface area contributed by atoms with Crippen LogP contribution in [0.3, 0.4) is 0 Å². The fourth-order valence-corrected chi connectivity index (χ4v) is 2.60. The molecule has 2 aromatic rings. The summed E-state index contributed by atoms with van der Waals surface area (Å²) < 4.78 is 15.9. The van der Waals surface area contributed by atoms with Gasteiger partial charge in [-0.3, -0.25) is 14.5 Å². The predicted molar refractivity (Wildman–Crippen MR) is 72.5 cm³/mol. The van der Waals surface area contributed by atoms with E-state index in [1.165, 1.54) is 18.3 Å². The van der Waals surface area contributed by atoms with E-state index >= 15 is 0 Å². The summed E-state index contributed by atoms with van der Waals surface area (Å²) in [5.74, 6) is -0.953. The molecular weight excluding hydrogens is 313 g/mol. The molecule has 2 heterocycles. The number of ketones is 1. The molecule has 19 heavy (non-hydrogen) atoms. The lowest BCUT2D eigenvalue weighted by atomic mass is 10.1. The first-order valence-corrected chi connectivity index (χ1v) is 6.67. The number of aromatic nitrogens is 3. The van der Waals surface area contributed by atoms with Crippen LogP contribution in [0.5, 0.6) is 0 Å². The quantitative estimate of drug-likeness (QED) is 0.812. The number of pyridine rings is 1. The zero-order valence-electron chi connectivity index (χ0n) is 10.7. The van der Waals surface area contributed by atoms with Gasteiger partial charge in [-0.25, -0.2) is 4.39 Å². The third kappa shape index (κ3) is 2.73. The highest BCUT2D eigenvalue weighted by atomic mass is 79.9. The van der Waals surface area contributed by atoms with Crippen LogP contribution in [0.25, 0.3) is 0 Å². The van der Waals surface area contributed by atoms with Crippen LogP contribution in [0, 0.1) is 5.82 Å². The summed E-state index contributed by atoms with van der Waals surface area (Å²) >= 11 is 3.43. The molecule has 0 saturated carbocycles. The average Bonchev–Trinajstić information content (AvgIpc) is 2.66. The van der Waals surface area contributed by atoms with E-state index < -0.39 is 5.82 Å². The van der Waals surface area contributed by atoms with Crippen molar-refractivity contribution in [1.82, 2.24) is 14.8 Å². The minimum Gasteiger partial charge on any atom is -0.292 e. The molecule has 0 atom stereocenters. The van der Waals surface area contributed by atoms with Gasteiger partial charge in [0.05, 0.1) is 22.3 Å². The van der Waals surface area contributed by atoms with Gasteiger partial charge in [0, 0.05) is 13.2 Å². The highest BCUT2D eigenvalue weighted by molar-refractivity contribution is 9.10. The molecule has 0 aromatic carbocycles. The fourth-order valence-electron chi connectivity index (χ4n) is 1.84. The minimum absolute atomic E-state index is 0.0675. The highest BCUT2D eigenvalue weighted by Crippen LogP contribution is 2.23. The lowest BCUT2D eigenvalue weighted by Gasteiger charge is -2.03. The van der Waals surface area contributed by atoms with E-state index in [9.17, 15) is 9.18 Å². The van der Waals surface area contributed by atoms with Crippen LogP contribution in [-0.4, -0.2) is 20.5 Å². The number of nitrogens with zero attached hydrogens (tertiary/aromatic N) is 3. The van der Waals surface area contributed by atoms with E-state index in [2.05, 4.69) is 26.0 Å². The van der Waals surface area contributed by atoms with Crippen molar-refractivity contribution >= 4 is 21.7 Å². The summed E-state index contributed by atoms with van der Waals surface area (Å²) in [6.45, 7) is 1.98. The number of carbonyl (C=O) groups excluding carboxylic acids is 1. The molecule has 0 unspecified atom stereocenters. The molecule has 0 saturated heterocycles. The molecule has 0 N–H and O–H groups in total. The molecule has 0 bridgehead atoms. The second-order valence-electron chi connectivity index (χ2n) is 4.12. The second kappa shape index (κ2) is 5.61. The zero-order chi connectivity index (χ0) is 14.0. The molecule has 2 rings (SSSR count). The molecule has 0 spiro atoms. The molecule has 0 radical (unpaired) electrons. The van der Waals surface area contributed by atoms with Gasteiger partial charge in [-0.15, -0.1) is 0 Å². The molecule has 4 nitrogen and oxygen atoms in total. The first-order valence-electron chi connectivity index (χ1n) is 5.88. The zero-order valence-corrected chi connectivity index (χ0v) is 12.2. The summed E-state index contributed by atoms with van der Waals surface area (Å²) in [4.78, 5) is 15.9. The number of rotatable bonds is 4. The minimum atomic E-state index is -0.596. The van der Waals surface area contributed by atoms with Crippen LogP contribution in [-0.2, 0) is 19.9 Å². The maximum atomic E-state index is 13.5. The molecular formula is C13H13BrFN3O. The van der Waals surface area contributed by atoms with Crippen molar-refractivity contribution in [3.8, 4) is 0 Å². The molecule has 2 aromatic heterocycles. The predicted octanol–water partition coefficient (Wildman–Crippen LogP) is 2.70. The van der Waals surface area contributed by atoms with Crippen molar-refractivity contribution in [1.29, 1.82) is 0 Å². The molecule has 0 fully saturated rings. The van der Waals surface area contributed by atoms with Gasteiger partial charge in [-0.05, 0) is 34.5 Å². The van der Waals surface area contributed by atoms with Gasteiger partial charge in [0.15, 0.2) is 11.6 Å². The Bertz CT molecular complexity index is 624. The van der Waals surface area contributed by atoms with Crippen molar-refractivity contribution in [3.63, 3.8) is 0 Å². The Hall–Kier alpha value is -1.56. The number of hydrogen-bond donors (Lipinski definition) is 0. The van der Waals surface area contributed by atoms with E-state index in [0.29, 0.717) is 0 Å². The summed E-state index contributed by atoms with van der Waals surface area (Å²) in [6.07, 6.45) is 2.24. The first-order chi connectivity index (χ1) is 9.04. The number of hydrogen-bond acceptors (Lipinski definition) is 3. The van der Waals surface area contributed by atoms with Crippen molar-refractivity contribution in [2.24, 2.45) is 7.05 Å². The summed E-state index contributed by atoms with van der Waals surface area (Å²) in [5, 5.41) is 4.30. The second-order valence-corrected chi connectivity index (χ2v) is 4.91. The van der Waals surface area contributed by atoms with Gasteiger partial charge in [0.2, 0.25) is 0 Å².